The summed E-state index contributed by atoms with van der Waals surface area (Å²) >= 11 is 1.49. The number of hydrogen-bond donors (Lipinski definition) is 1. The molecule has 0 spiro atoms. The normalized spacial score (nSPS) is 10.9. The van der Waals surface area contributed by atoms with Crippen LogP contribution in [0.25, 0.3) is 11.0 Å². The van der Waals surface area contributed by atoms with Gasteiger partial charge < -0.3 is 18.9 Å². The van der Waals surface area contributed by atoms with E-state index in [1.54, 1.807) is 6.07 Å². The second-order valence-electron chi connectivity index (χ2n) is 4.71. The van der Waals surface area contributed by atoms with E-state index < -0.39 is 5.97 Å². The zero-order chi connectivity index (χ0) is 16.2. The summed E-state index contributed by atoms with van der Waals surface area (Å²) < 4.78 is 15.3. The van der Waals surface area contributed by atoms with Gasteiger partial charge in [-0.2, -0.15) is 0 Å². The summed E-state index contributed by atoms with van der Waals surface area (Å²) in [4.78, 5) is 19.3. The fourth-order valence-corrected chi connectivity index (χ4v) is 3.02. The molecule has 0 unspecified atom stereocenters. The number of esters is 1. The lowest BCUT2D eigenvalue weighted by atomic mass is 10.3. The summed E-state index contributed by atoms with van der Waals surface area (Å²) in [6.07, 6.45) is 1.48. The molecule has 23 heavy (non-hydrogen) atoms. The molecule has 0 atom stereocenters. The lowest BCUT2D eigenvalue weighted by molar-refractivity contribution is 0.0564. The highest BCUT2D eigenvalue weighted by molar-refractivity contribution is 7.98. The van der Waals surface area contributed by atoms with Crippen molar-refractivity contribution in [3.05, 3.63) is 41.9 Å². The average Bonchev–Trinajstić information content (AvgIpc) is 3.18. The van der Waals surface area contributed by atoms with E-state index in [0.717, 1.165) is 27.5 Å². The van der Waals surface area contributed by atoms with E-state index in [2.05, 4.69) is 9.97 Å². The van der Waals surface area contributed by atoms with Gasteiger partial charge in [-0.05, 0) is 25.1 Å². The predicted molar refractivity (Wildman–Crippen MR) is 86.9 cm³/mol. The lowest BCUT2D eigenvalue weighted by Crippen LogP contribution is -2.02. The van der Waals surface area contributed by atoms with Crippen LogP contribution in [0.4, 0.5) is 0 Å². The second kappa shape index (κ2) is 6.78. The SMILES string of the molecule is CCOc1ccc2nc(SCc3ccoc3C(=O)OC)[nH]c2c1. The van der Waals surface area contributed by atoms with E-state index in [1.165, 1.54) is 25.1 Å². The van der Waals surface area contributed by atoms with Gasteiger partial charge in [0.15, 0.2) is 5.16 Å². The number of carbonyl (C=O) groups is 1. The highest BCUT2D eigenvalue weighted by Crippen LogP contribution is 2.27. The molecule has 2 aromatic heterocycles. The molecule has 7 heteroatoms. The number of fused-ring (bicyclic) bond motifs is 1. The summed E-state index contributed by atoms with van der Waals surface area (Å²) in [7, 11) is 1.33. The molecule has 0 fully saturated rings. The van der Waals surface area contributed by atoms with Crippen LogP contribution in [0.5, 0.6) is 5.75 Å². The van der Waals surface area contributed by atoms with E-state index in [1.807, 2.05) is 25.1 Å². The number of imidazole rings is 1. The number of aromatic nitrogens is 2. The summed E-state index contributed by atoms with van der Waals surface area (Å²) in [5.41, 5.74) is 2.56. The molecular formula is C16H16N2O4S. The third kappa shape index (κ3) is 3.34. The van der Waals surface area contributed by atoms with Crippen molar-refractivity contribution in [2.45, 2.75) is 17.8 Å². The number of rotatable bonds is 6. The first-order valence-electron chi connectivity index (χ1n) is 7.11. The standard InChI is InChI=1S/C16H16N2O4S/c1-3-21-11-4-5-12-13(8-11)18-16(17-12)23-9-10-6-7-22-14(10)15(19)20-2/h4-8H,3,9H2,1-2H3,(H,17,18). The van der Waals surface area contributed by atoms with Gasteiger partial charge in [0.2, 0.25) is 5.76 Å². The minimum absolute atomic E-state index is 0.231. The van der Waals surface area contributed by atoms with Crippen molar-refractivity contribution in [3.8, 4) is 5.75 Å². The Kier molecular flexibility index (Phi) is 4.57. The molecule has 6 nitrogen and oxygen atoms in total. The topological polar surface area (TPSA) is 77.3 Å². The van der Waals surface area contributed by atoms with Crippen LogP contribution >= 0.6 is 11.8 Å². The molecule has 1 aromatic carbocycles. The Balaban J connectivity index is 1.75. The number of hydrogen-bond acceptors (Lipinski definition) is 6. The number of H-pyrrole nitrogens is 1. The molecule has 0 saturated carbocycles. The molecule has 120 valence electrons. The molecule has 0 bridgehead atoms. The van der Waals surface area contributed by atoms with Crippen LogP contribution in [0, 0.1) is 0 Å². The van der Waals surface area contributed by atoms with Gasteiger partial charge >= 0.3 is 5.97 Å². The quantitative estimate of drug-likeness (QED) is 0.548. The van der Waals surface area contributed by atoms with E-state index >= 15 is 0 Å². The Morgan fingerprint density at radius 3 is 3.04 bits per heavy atom. The zero-order valence-corrected chi connectivity index (χ0v) is 13.6. The van der Waals surface area contributed by atoms with E-state index in [0.29, 0.717) is 12.4 Å². The Morgan fingerprint density at radius 2 is 2.26 bits per heavy atom. The molecule has 3 rings (SSSR count). The number of benzene rings is 1. The van der Waals surface area contributed by atoms with Gasteiger partial charge in [0, 0.05) is 17.4 Å². The summed E-state index contributed by atoms with van der Waals surface area (Å²) in [6.45, 7) is 2.57. The van der Waals surface area contributed by atoms with Gasteiger partial charge in [-0.15, -0.1) is 0 Å². The van der Waals surface area contributed by atoms with Crippen LogP contribution in [0.1, 0.15) is 23.0 Å². The summed E-state index contributed by atoms with van der Waals surface area (Å²) in [5.74, 6) is 1.12. The largest absolute Gasteiger partial charge is 0.494 e. The molecule has 0 radical (unpaired) electrons. The maximum Gasteiger partial charge on any atom is 0.374 e. The molecule has 2 heterocycles. The highest BCUT2D eigenvalue weighted by Gasteiger charge is 2.16. The monoisotopic (exact) mass is 332 g/mol. The number of thioether (sulfide) groups is 1. The van der Waals surface area contributed by atoms with Gasteiger partial charge in [0.1, 0.15) is 5.75 Å². The maximum absolute atomic E-state index is 11.6. The molecule has 0 aliphatic heterocycles. The maximum atomic E-state index is 11.6. The van der Waals surface area contributed by atoms with E-state index in [4.69, 9.17) is 13.9 Å². The number of methoxy groups -OCH3 is 1. The summed E-state index contributed by atoms with van der Waals surface area (Å²) in [6, 6.07) is 7.49. The van der Waals surface area contributed by atoms with Crippen molar-refractivity contribution in [1.82, 2.24) is 9.97 Å². The van der Waals surface area contributed by atoms with Crippen LogP contribution in [0.2, 0.25) is 0 Å². The van der Waals surface area contributed by atoms with Crippen LogP contribution in [0.15, 0.2) is 40.1 Å². The van der Waals surface area contributed by atoms with Crippen molar-refractivity contribution in [2.24, 2.45) is 0 Å². The van der Waals surface area contributed by atoms with E-state index in [-0.39, 0.29) is 5.76 Å². The van der Waals surface area contributed by atoms with Crippen LogP contribution < -0.4 is 4.74 Å². The molecule has 3 aromatic rings. The Bertz CT molecular complexity index is 824. The van der Waals surface area contributed by atoms with Crippen molar-refractivity contribution in [3.63, 3.8) is 0 Å². The molecule has 0 aliphatic carbocycles. The zero-order valence-electron chi connectivity index (χ0n) is 12.8. The number of nitrogens with one attached hydrogen (secondary N) is 1. The Morgan fingerprint density at radius 1 is 1.39 bits per heavy atom. The van der Waals surface area contributed by atoms with Gasteiger partial charge in [0.05, 0.1) is 31.0 Å². The molecule has 0 saturated heterocycles. The number of furan rings is 1. The summed E-state index contributed by atoms with van der Waals surface area (Å²) in [5, 5.41) is 0.769. The third-order valence-electron chi connectivity index (χ3n) is 3.22. The van der Waals surface area contributed by atoms with Gasteiger partial charge in [0.25, 0.3) is 0 Å². The Hall–Kier alpha value is -2.41. The fourth-order valence-electron chi connectivity index (χ4n) is 2.16. The molecule has 0 amide bonds. The smallest absolute Gasteiger partial charge is 0.374 e. The van der Waals surface area contributed by atoms with Gasteiger partial charge in [-0.25, -0.2) is 9.78 Å². The fraction of sp³-hybridized carbons (Fsp3) is 0.250. The first-order valence-corrected chi connectivity index (χ1v) is 8.10. The average molecular weight is 332 g/mol. The van der Waals surface area contributed by atoms with E-state index in [9.17, 15) is 4.79 Å². The lowest BCUT2D eigenvalue weighted by Gasteiger charge is -2.00. The van der Waals surface area contributed by atoms with Crippen molar-refractivity contribution < 1.29 is 18.7 Å². The van der Waals surface area contributed by atoms with Crippen LogP contribution in [0.3, 0.4) is 0 Å². The number of ether oxygens (including phenoxy) is 2. The first-order chi connectivity index (χ1) is 11.2. The minimum Gasteiger partial charge on any atom is -0.494 e. The third-order valence-corrected chi connectivity index (χ3v) is 4.15. The van der Waals surface area contributed by atoms with Crippen LogP contribution in [-0.2, 0) is 10.5 Å². The molecule has 0 aliphatic rings. The van der Waals surface area contributed by atoms with Gasteiger partial charge in [-0.3, -0.25) is 0 Å². The van der Waals surface area contributed by atoms with Crippen molar-refractivity contribution >= 4 is 28.8 Å². The highest BCUT2D eigenvalue weighted by atomic mass is 32.2. The number of carbonyl (C=O) groups excluding carboxylic acids is 1. The minimum atomic E-state index is -0.475. The molecular weight excluding hydrogens is 316 g/mol. The number of aromatic amines is 1. The van der Waals surface area contributed by atoms with Crippen LogP contribution in [-0.4, -0.2) is 29.7 Å². The molecule has 1 N–H and O–H groups in total. The van der Waals surface area contributed by atoms with Gasteiger partial charge in [-0.1, -0.05) is 11.8 Å². The van der Waals surface area contributed by atoms with Crippen molar-refractivity contribution in [2.75, 3.05) is 13.7 Å². The predicted octanol–water partition coefficient (Wildman–Crippen LogP) is 3.63. The second-order valence-corrected chi connectivity index (χ2v) is 5.67. The van der Waals surface area contributed by atoms with Crippen molar-refractivity contribution in [1.29, 1.82) is 0 Å². The number of nitrogens with zero attached hydrogens (tertiary/aromatic N) is 1. The first kappa shape index (κ1) is 15.5. The Labute approximate surface area is 137 Å².